The van der Waals surface area contributed by atoms with E-state index in [1.165, 1.54) is 23.3 Å². The smallest absolute Gasteiger partial charge is 0.293 e. The van der Waals surface area contributed by atoms with E-state index < -0.39 is 14.9 Å². The fourth-order valence-corrected chi connectivity index (χ4v) is 9.47. The Hall–Kier alpha value is -4.96. The van der Waals surface area contributed by atoms with Crippen molar-refractivity contribution in [3.05, 3.63) is 148 Å². The van der Waals surface area contributed by atoms with Gasteiger partial charge in [0.05, 0.1) is 23.0 Å². The Kier molecular flexibility index (Phi) is 14.2. The average molecular weight is 854 g/mol. The van der Waals surface area contributed by atoms with Crippen LogP contribution in [0.1, 0.15) is 17.5 Å². The standard InChI is InChI=1S/C44H48ClN7O5S2/c45-36-13-17-41(33-7-3-1-4-8-33)35(29-36)31-50-21-23-51(24-22-50)38-14-11-34(12-15-38)44(46)48-59(55,56)40-16-18-42(43(30-40)52(53)54)47-37(19-20-49-25-27-57-28-26-49)32-58-39-9-5-2-6-10-39/h1-18,29-30,37,47H,19-28,31-32H2,(H2,46,48)/t37-/m1/s1. The zero-order chi connectivity index (χ0) is 41.2. The van der Waals surface area contributed by atoms with Gasteiger partial charge in [0.2, 0.25) is 0 Å². The first-order chi connectivity index (χ1) is 28.6. The van der Waals surface area contributed by atoms with Crippen LogP contribution in [0.25, 0.3) is 11.1 Å². The zero-order valence-corrected chi connectivity index (χ0v) is 35.0. The van der Waals surface area contributed by atoms with Gasteiger partial charge in [-0.3, -0.25) is 19.9 Å². The molecule has 0 amide bonds. The molecule has 308 valence electrons. The highest BCUT2D eigenvalue weighted by Gasteiger charge is 2.25. The summed E-state index contributed by atoms with van der Waals surface area (Å²) in [5.74, 6) is 0.449. The second kappa shape index (κ2) is 19.9. The summed E-state index contributed by atoms with van der Waals surface area (Å²) >= 11 is 8.07. The number of amidine groups is 1. The van der Waals surface area contributed by atoms with E-state index in [0.717, 1.165) is 86.0 Å². The van der Waals surface area contributed by atoms with E-state index >= 15 is 0 Å². The molecule has 12 nitrogen and oxygen atoms in total. The third kappa shape index (κ3) is 11.4. The number of sulfonamides is 1. The maximum Gasteiger partial charge on any atom is 0.293 e. The van der Waals surface area contributed by atoms with E-state index in [-0.39, 0.29) is 28.1 Å². The molecule has 5 aromatic carbocycles. The molecule has 7 rings (SSSR count). The molecule has 0 bridgehead atoms. The minimum atomic E-state index is -4.38. The monoisotopic (exact) mass is 853 g/mol. The van der Waals surface area contributed by atoms with Gasteiger partial charge in [-0.15, -0.1) is 16.2 Å². The molecule has 0 aromatic heterocycles. The normalized spacial score (nSPS) is 16.2. The SMILES string of the molecule is N/C(=N\S(=O)(=O)c1ccc(N[C@H](CCN2CCOCC2)CSc2ccccc2)c([N+](=O)[O-])c1)c1ccc(N2CCN(Cc3cc(Cl)ccc3-c3ccccc3)CC2)cc1. The Labute approximate surface area is 355 Å². The van der Waals surface area contributed by atoms with Crippen LogP contribution in [0.5, 0.6) is 0 Å². The molecule has 3 N–H and O–H groups in total. The molecule has 5 aromatic rings. The van der Waals surface area contributed by atoms with E-state index in [1.807, 2.05) is 72.8 Å². The van der Waals surface area contributed by atoms with Crippen LogP contribution in [0, 0.1) is 10.1 Å². The van der Waals surface area contributed by atoms with Gasteiger partial charge in [0.25, 0.3) is 15.7 Å². The number of piperazine rings is 1. The highest BCUT2D eigenvalue weighted by molar-refractivity contribution is 7.99. The van der Waals surface area contributed by atoms with Crippen LogP contribution in [0.4, 0.5) is 17.1 Å². The van der Waals surface area contributed by atoms with Crippen LogP contribution in [0.15, 0.2) is 136 Å². The molecule has 59 heavy (non-hydrogen) atoms. The molecule has 0 radical (unpaired) electrons. The van der Waals surface area contributed by atoms with Crippen molar-refractivity contribution in [3.63, 3.8) is 0 Å². The van der Waals surface area contributed by atoms with Crippen molar-refractivity contribution in [2.45, 2.75) is 28.8 Å². The molecule has 2 heterocycles. The number of benzene rings is 5. The van der Waals surface area contributed by atoms with Crippen molar-refractivity contribution in [2.75, 3.05) is 75.0 Å². The number of thioether (sulfide) groups is 1. The number of rotatable bonds is 16. The molecular formula is C44H48ClN7O5S2. The lowest BCUT2D eigenvalue weighted by Crippen LogP contribution is -2.46. The van der Waals surface area contributed by atoms with Crippen LogP contribution < -0.4 is 16.0 Å². The van der Waals surface area contributed by atoms with E-state index in [9.17, 15) is 18.5 Å². The number of nitrogens with zero attached hydrogens (tertiary/aromatic N) is 5. The first-order valence-electron chi connectivity index (χ1n) is 19.7. The van der Waals surface area contributed by atoms with Gasteiger partial charge >= 0.3 is 0 Å². The van der Waals surface area contributed by atoms with Crippen LogP contribution in [-0.4, -0.2) is 99.8 Å². The molecule has 2 aliphatic rings. The summed E-state index contributed by atoms with van der Waals surface area (Å²) in [6.45, 7) is 7.92. The van der Waals surface area contributed by atoms with Crippen molar-refractivity contribution in [3.8, 4) is 11.1 Å². The number of nitro groups is 1. The topological polar surface area (TPSA) is 147 Å². The summed E-state index contributed by atoms with van der Waals surface area (Å²) in [4.78, 5) is 19.5. The number of morpholine rings is 1. The summed E-state index contributed by atoms with van der Waals surface area (Å²) in [5.41, 5.74) is 11.1. The van der Waals surface area contributed by atoms with E-state index in [0.29, 0.717) is 24.5 Å². The lowest BCUT2D eigenvalue weighted by atomic mass is 9.99. The van der Waals surface area contributed by atoms with E-state index in [2.05, 4.69) is 42.6 Å². The van der Waals surface area contributed by atoms with Crippen LogP contribution in [-0.2, 0) is 21.3 Å². The van der Waals surface area contributed by atoms with Gasteiger partial charge in [-0.25, -0.2) is 0 Å². The fraction of sp³-hybridized carbons (Fsp3) is 0.295. The number of hydrogen-bond donors (Lipinski definition) is 2. The third-order valence-electron chi connectivity index (χ3n) is 10.6. The number of nitrogens with one attached hydrogen (secondary N) is 1. The molecule has 2 fully saturated rings. The number of nitrogens with two attached hydrogens (primary N) is 1. The summed E-state index contributed by atoms with van der Waals surface area (Å²) in [7, 11) is -4.38. The molecule has 15 heteroatoms. The first kappa shape index (κ1) is 42.2. The Balaban J connectivity index is 0.989. The van der Waals surface area contributed by atoms with Crippen molar-refractivity contribution >= 4 is 56.3 Å². The molecular weight excluding hydrogens is 806 g/mol. The maximum atomic E-state index is 13.5. The Morgan fingerprint density at radius 1 is 0.864 bits per heavy atom. The number of hydrogen-bond acceptors (Lipinski definition) is 10. The number of ether oxygens (including phenoxy) is 1. The van der Waals surface area contributed by atoms with Crippen molar-refractivity contribution < 1.29 is 18.1 Å². The lowest BCUT2D eigenvalue weighted by molar-refractivity contribution is -0.384. The van der Waals surface area contributed by atoms with Crippen molar-refractivity contribution in [1.82, 2.24) is 9.80 Å². The molecule has 0 aliphatic carbocycles. The highest BCUT2D eigenvalue weighted by atomic mass is 35.5. The zero-order valence-electron chi connectivity index (χ0n) is 32.7. The molecule has 0 spiro atoms. The van der Waals surface area contributed by atoms with Crippen LogP contribution >= 0.6 is 23.4 Å². The molecule has 2 saturated heterocycles. The summed E-state index contributed by atoms with van der Waals surface area (Å²) in [6.07, 6.45) is 0.729. The van der Waals surface area contributed by atoms with Gasteiger partial charge in [0.15, 0.2) is 0 Å². The van der Waals surface area contributed by atoms with Crippen LogP contribution in [0.3, 0.4) is 0 Å². The summed E-state index contributed by atoms with van der Waals surface area (Å²) in [6, 6.07) is 37.3. The largest absolute Gasteiger partial charge is 0.383 e. The molecule has 2 aliphatic heterocycles. The molecule has 0 saturated carbocycles. The Morgan fingerprint density at radius 2 is 1.56 bits per heavy atom. The predicted octanol–water partition coefficient (Wildman–Crippen LogP) is 7.63. The van der Waals surface area contributed by atoms with Crippen molar-refractivity contribution in [2.24, 2.45) is 10.1 Å². The second-order valence-corrected chi connectivity index (χ2v) is 17.7. The Morgan fingerprint density at radius 3 is 2.25 bits per heavy atom. The Bertz CT molecular complexity index is 2320. The quantitative estimate of drug-likeness (QED) is 0.0332. The van der Waals surface area contributed by atoms with Crippen LogP contribution in [0.2, 0.25) is 5.02 Å². The minimum absolute atomic E-state index is 0.133. The fourth-order valence-electron chi connectivity index (χ4n) is 7.31. The summed E-state index contributed by atoms with van der Waals surface area (Å²) < 4.78 is 36.4. The second-order valence-electron chi connectivity index (χ2n) is 14.6. The van der Waals surface area contributed by atoms with E-state index in [4.69, 9.17) is 22.1 Å². The van der Waals surface area contributed by atoms with Gasteiger partial charge in [0.1, 0.15) is 11.5 Å². The number of halogens is 1. The van der Waals surface area contributed by atoms with E-state index in [1.54, 1.807) is 23.9 Å². The molecule has 0 unspecified atom stereocenters. The summed E-state index contributed by atoms with van der Waals surface area (Å²) in [5, 5.41) is 16.4. The minimum Gasteiger partial charge on any atom is -0.383 e. The predicted molar refractivity (Wildman–Crippen MR) is 238 cm³/mol. The number of anilines is 2. The third-order valence-corrected chi connectivity index (χ3v) is 13.3. The number of nitro benzene ring substituents is 1. The molecule has 1 atom stereocenters. The lowest BCUT2D eigenvalue weighted by Gasteiger charge is -2.36. The highest BCUT2D eigenvalue weighted by Crippen LogP contribution is 2.32. The average Bonchev–Trinajstić information content (AvgIpc) is 3.26. The first-order valence-corrected chi connectivity index (χ1v) is 22.5. The maximum absolute atomic E-state index is 13.5. The van der Waals surface area contributed by atoms with Gasteiger partial charge in [0, 0.05) is 91.4 Å². The van der Waals surface area contributed by atoms with Gasteiger partial charge in [-0.05, 0) is 83.8 Å². The van der Waals surface area contributed by atoms with Gasteiger partial charge in [-0.1, -0.05) is 66.2 Å². The van der Waals surface area contributed by atoms with Crippen molar-refractivity contribution in [1.29, 1.82) is 0 Å². The van der Waals surface area contributed by atoms with Gasteiger partial charge < -0.3 is 20.7 Å². The van der Waals surface area contributed by atoms with Gasteiger partial charge in [-0.2, -0.15) is 8.42 Å².